The number of fused-ring (bicyclic) bond motifs is 2. The van der Waals surface area contributed by atoms with Crippen molar-refractivity contribution in [2.24, 2.45) is 0 Å². The van der Waals surface area contributed by atoms with E-state index in [1.165, 1.54) is 0 Å². The Morgan fingerprint density at radius 3 is 2.89 bits per heavy atom. The van der Waals surface area contributed by atoms with Gasteiger partial charge in [-0.3, -0.25) is 4.57 Å². The molecule has 5 rings (SSSR count). The van der Waals surface area contributed by atoms with E-state index in [1.807, 2.05) is 49.1 Å². The summed E-state index contributed by atoms with van der Waals surface area (Å²) < 4.78 is 9.35. The average molecular weight is 374 g/mol. The number of aromatic nitrogens is 8. The van der Waals surface area contributed by atoms with Crippen molar-refractivity contribution in [3.05, 3.63) is 49.6 Å². The van der Waals surface area contributed by atoms with Crippen molar-refractivity contribution in [1.29, 1.82) is 0 Å². The van der Waals surface area contributed by atoms with Crippen molar-refractivity contribution in [1.82, 2.24) is 39.3 Å². The maximum Gasteiger partial charge on any atom is 0.151 e. The van der Waals surface area contributed by atoms with Crippen LogP contribution in [0.4, 0.5) is 0 Å². The predicted molar refractivity (Wildman–Crippen MR) is 104 cm³/mol. The summed E-state index contributed by atoms with van der Waals surface area (Å²) in [7, 11) is 0. The zero-order valence-electron chi connectivity index (χ0n) is 15.4. The third-order valence-electron chi connectivity index (χ3n) is 4.70. The third kappa shape index (κ3) is 2.55. The highest BCUT2D eigenvalue weighted by Gasteiger charge is 2.16. The molecule has 0 amide bonds. The Balaban J connectivity index is 1.63. The van der Waals surface area contributed by atoms with Crippen LogP contribution in [0.3, 0.4) is 0 Å². The summed E-state index contributed by atoms with van der Waals surface area (Å²) in [5.41, 5.74) is 3.29. The van der Waals surface area contributed by atoms with Crippen LogP contribution >= 0.6 is 0 Å². The number of hydrogen-bond acceptors (Lipinski definition) is 6. The lowest BCUT2D eigenvalue weighted by molar-refractivity contribution is 0.0160. The Labute approximate surface area is 160 Å². The first-order chi connectivity index (χ1) is 13.8. The maximum atomic E-state index is 5.61. The van der Waals surface area contributed by atoms with Gasteiger partial charge in [0.15, 0.2) is 5.82 Å². The maximum absolute atomic E-state index is 5.61. The van der Waals surface area contributed by atoms with E-state index in [0.717, 1.165) is 39.1 Å². The van der Waals surface area contributed by atoms with Gasteiger partial charge in [-0.2, -0.15) is 5.10 Å². The molecule has 0 spiro atoms. The van der Waals surface area contributed by atoms with Crippen molar-refractivity contribution in [3.63, 3.8) is 0 Å². The van der Waals surface area contributed by atoms with Gasteiger partial charge in [-0.05, 0) is 26.0 Å². The minimum absolute atomic E-state index is 0.136. The van der Waals surface area contributed by atoms with E-state index >= 15 is 0 Å². The Bertz CT molecular complexity index is 1270. The molecule has 1 unspecified atom stereocenters. The summed E-state index contributed by atoms with van der Waals surface area (Å²) in [6.45, 7) is 4.55. The topological polar surface area (TPSA) is 99.3 Å². The van der Waals surface area contributed by atoms with E-state index in [4.69, 9.17) is 4.74 Å². The molecule has 9 heteroatoms. The molecule has 5 aromatic rings. The number of nitrogens with one attached hydrogen (secondary N) is 1. The van der Waals surface area contributed by atoms with Crippen molar-refractivity contribution in [3.8, 4) is 17.1 Å². The zero-order valence-corrected chi connectivity index (χ0v) is 15.4. The number of H-pyrrole nitrogens is 1. The molecular formula is C19H18N8O. The average Bonchev–Trinajstić information content (AvgIpc) is 3.45. The fourth-order valence-electron chi connectivity index (χ4n) is 3.38. The molecule has 1 N–H and O–H groups in total. The lowest BCUT2D eigenvalue weighted by Crippen LogP contribution is -2.09. The van der Waals surface area contributed by atoms with Crippen LogP contribution in [-0.4, -0.2) is 45.9 Å². The third-order valence-corrected chi connectivity index (χ3v) is 4.70. The van der Waals surface area contributed by atoms with Crippen LogP contribution in [0.15, 0.2) is 49.6 Å². The van der Waals surface area contributed by atoms with Gasteiger partial charge in [0, 0.05) is 36.1 Å². The highest BCUT2D eigenvalue weighted by molar-refractivity contribution is 5.93. The molecular weight excluding hydrogens is 356 g/mol. The molecule has 0 aromatic carbocycles. The number of rotatable bonds is 5. The Kier molecular flexibility index (Phi) is 3.87. The highest BCUT2D eigenvalue weighted by Crippen LogP contribution is 2.29. The first-order valence-corrected chi connectivity index (χ1v) is 9.03. The first-order valence-electron chi connectivity index (χ1n) is 9.03. The van der Waals surface area contributed by atoms with E-state index in [-0.39, 0.29) is 6.23 Å². The van der Waals surface area contributed by atoms with E-state index in [0.29, 0.717) is 6.61 Å². The second-order valence-electron chi connectivity index (χ2n) is 6.35. The lowest BCUT2D eigenvalue weighted by Gasteiger charge is -2.11. The van der Waals surface area contributed by atoms with Crippen LogP contribution in [0.25, 0.3) is 39.1 Å². The molecule has 0 bridgehead atoms. The fourth-order valence-corrected chi connectivity index (χ4v) is 3.38. The number of nitrogens with zero attached hydrogens (tertiary/aromatic N) is 7. The second kappa shape index (κ2) is 6.54. The van der Waals surface area contributed by atoms with Gasteiger partial charge in [0.25, 0.3) is 0 Å². The van der Waals surface area contributed by atoms with Gasteiger partial charge in [0.05, 0.1) is 17.3 Å². The molecule has 1 atom stereocenters. The monoisotopic (exact) mass is 374 g/mol. The van der Waals surface area contributed by atoms with Crippen LogP contribution in [0.2, 0.25) is 0 Å². The molecule has 0 aliphatic rings. The van der Waals surface area contributed by atoms with Gasteiger partial charge in [0.2, 0.25) is 0 Å². The largest absolute Gasteiger partial charge is 0.357 e. The molecule has 0 radical (unpaired) electrons. The van der Waals surface area contributed by atoms with E-state index in [9.17, 15) is 0 Å². The summed E-state index contributed by atoms with van der Waals surface area (Å²) in [5.74, 6) is 0.770. The van der Waals surface area contributed by atoms with Crippen LogP contribution in [0.5, 0.6) is 0 Å². The summed E-state index contributed by atoms with van der Waals surface area (Å²) in [6, 6.07) is 3.95. The predicted octanol–water partition coefficient (Wildman–Crippen LogP) is 3.11. The fraction of sp³-hybridized carbons (Fsp3) is 0.211. The van der Waals surface area contributed by atoms with E-state index < -0.39 is 0 Å². The van der Waals surface area contributed by atoms with Crippen molar-refractivity contribution < 1.29 is 4.74 Å². The smallest absolute Gasteiger partial charge is 0.151 e. The Morgan fingerprint density at radius 2 is 2.00 bits per heavy atom. The summed E-state index contributed by atoms with van der Waals surface area (Å²) in [5, 5.41) is 6.27. The number of ether oxygens (including phenoxy) is 1. The van der Waals surface area contributed by atoms with E-state index in [2.05, 4.69) is 30.0 Å². The summed E-state index contributed by atoms with van der Waals surface area (Å²) in [6.07, 6.45) is 10.5. The SMILES string of the molecule is CCOC(C)n1cc(-c2ncnc3c2ccn3-c2ncnc3[nH]ccc23)cn1. The van der Waals surface area contributed by atoms with Gasteiger partial charge in [-0.15, -0.1) is 0 Å². The molecule has 9 nitrogen and oxygen atoms in total. The van der Waals surface area contributed by atoms with Crippen molar-refractivity contribution in [2.45, 2.75) is 20.1 Å². The highest BCUT2D eigenvalue weighted by atomic mass is 16.5. The van der Waals surface area contributed by atoms with Gasteiger partial charge in [0.1, 0.15) is 30.2 Å². The van der Waals surface area contributed by atoms with Crippen molar-refractivity contribution >= 4 is 22.1 Å². The molecule has 0 aliphatic carbocycles. The normalized spacial score (nSPS) is 12.8. The Hall–Kier alpha value is -3.59. The van der Waals surface area contributed by atoms with Gasteiger partial charge >= 0.3 is 0 Å². The van der Waals surface area contributed by atoms with Gasteiger partial charge in [-0.25, -0.2) is 24.6 Å². The minimum Gasteiger partial charge on any atom is -0.357 e. The first kappa shape index (κ1) is 16.6. The molecule has 0 saturated heterocycles. The zero-order chi connectivity index (χ0) is 19.1. The molecule has 28 heavy (non-hydrogen) atoms. The van der Waals surface area contributed by atoms with Crippen LogP contribution in [-0.2, 0) is 4.74 Å². The molecule has 140 valence electrons. The van der Waals surface area contributed by atoms with Gasteiger partial charge < -0.3 is 9.72 Å². The number of hydrogen-bond donors (Lipinski definition) is 1. The molecule has 5 aromatic heterocycles. The summed E-state index contributed by atoms with van der Waals surface area (Å²) >= 11 is 0. The van der Waals surface area contributed by atoms with Crippen LogP contribution < -0.4 is 0 Å². The summed E-state index contributed by atoms with van der Waals surface area (Å²) in [4.78, 5) is 20.8. The molecule has 0 aliphatic heterocycles. The molecule has 0 saturated carbocycles. The van der Waals surface area contributed by atoms with Gasteiger partial charge in [-0.1, -0.05) is 0 Å². The molecule has 0 fully saturated rings. The van der Waals surface area contributed by atoms with Crippen LogP contribution in [0.1, 0.15) is 20.1 Å². The second-order valence-corrected chi connectivity index (χ2v) is 6.35. The van der Waals surface area contributed by atoms with Crippen molar-refractivity contribution in [2.75, 3.05) is 6.61 Å². The molecule has 5 heterocycles. The standard InChI is InChI=1S/C19H18N8O/c1-3-28-12(2)27-9-13(8-25-27)16-14-5-7-26(18(14)23-10-21-16)19-15-4-6-20-17(15)22-11-24-19/h4-12H,3H2,1-2H3,(H,20,22,24). The van der Waals surface area contributed by atoms with E-state index in [1.54, 1.807) is 23.5 Å². The van der Waals surface area contributed by atoms with Crippen LogP contribution in [0, 0.1) is 0 Å². The minimum atomic E-state index is -0.136. The Morgan fingerprint density at radius 1 is 1.11 bits per heavy atom. The number of aromatic amines is 1. The quantitative estimate of drug-likeness (QED) is 0.507. The lowest BCUT2D eigenvalue weighted by atomic mass is 10.2.